The zero-order valence-corrected chi connectivity index (χ0v) is 18.6. The van der Waals surface area contributed by atoms with Gasteiger partial charge in [0.15, 0.2) is 11.0 Å². The van der Waals surface area contributed by atoms with E-state index in [0.717, 1.165) is 28.6 Å². The van der Waals surface area contributed by atoms with Crippen molar-refractivity contribution in [3.63, 3.8) is 0 Å². The highest BCUT2D eigenvalue weighted by atomic mass is 32.2. The van der Waals surface area contributed by atoms with Crippen LogP contribution in [-0.2, 0) is 4.79 Å². The van der Waals surface area contributed by atoms with Crippen LogP contribution < -0.4 is 0 Å². The molecule has 33 heavy (non-hydrogen) atoms. The van der Waals surface area contributed by atoms with E-state index in [1.165, 1.54) is 6.92 Å². The Morgan fingerprint density at radius 1 is 1.09 bits per heavy atom. The highest BCUT2D eigenvalue weighted by Crippen LogP contribution is 2.40. The van der Waals surface area contributed by atoms with Gasteiger partial charge in [0.05, 0.1) is 5.75 Å². The van der Waals surface area contributed by atoms with Crippen LogP contribution in [0.25, 0.3) is 17.1 Å². The highest BCUT2D eigenvalue weighted by molar-refractivity contribution is 7.99. The van der Waals surface area contributed by atoms with E-state index in [-0.39, 0.29) is 10.7 Å². The van der Waals surface area contributed by atoms with Gasteiger partial charge in [-0.1, -0.05) is 59.8 Å². The average Bonchev–Trinajstić information content (AvgIpc) is 3.34. The van der Waals surface area contributed by atoms with Gasteiger partial charge in [0.25, 0.3) is 11.6 Å². The lowest BCUT2D eigenvalue weighted by Gasteiger charge is -2.32. The van der Waals surface area contributed by atoms with Gasteiger partial charge in [0.2, 0.25) is 0 Å². The quantitative estimate of drug-likeness (QED) is 0.560. The van der Waals surface area contributed by atoms with E-state index in [0.29, 0.717) is 11.0 Å². The molecular formula is C22H20F3N5O2S. The van der Waals surface area contributed by atoms with Crippen molar-refractivity contribution < 1.29 is 23.1 Å². The van der Waals surface area contributed by atoms with Crippen LogP contribution in [0.1, 0.15) is 18.9 Å². The van der Waals surface area contributed by atoms with Crippen molar-refractivity contribution in [2.45, 2.75) is 37.3 Å². The Kier molecular flexibility index (Phi) is 6.02. The lowest BCUT2D eigenvalue weighted by Crippen LogP contribution is -2.57. The van der Waals surface area contributed by atoms with Gasteiger partial charge in [-0.3, -0.25) is 9.36 Å². The summed E-state index contributed by atoms with van der Waals surface area (Å²) in [6.45, 7) is 3.28. The molecule has 4 rings (SSSR count). The number of rotatable bonds is 5. The summed E-state index contributed by atoms with van der Waals surface area (Å²) in [5.41, 5.74) is -0.765. The number of aliphatic hydroxyl groups is 1. The number of hydrogen-bond donors (Lipinski definition) is 1. The van der Waals surface area contributed by atoms with Crippen LogP contribution in [0.2, 0.25) is 0 Å². The molecule has 3 aromatic rings. The zero-order chi connectivity index (χ0) is 23.8. The fourth-order valence-corrected chi connectivity index (χ4v) is 4.25. The van der Waals surface area contributed by atoms with Gasteiger partial charge in [-0.2, -0.15) is 23.3 Å². The summed E-state index contributed by atoms with van der Waals surface area (Å²) in [7, 11) is 0. The summed E-state index contributed by atoms with van der Waals surface area (Å²) < 4.78 is 42.1. The van der Waals surface area contributed by atoms with Gasteiger partial charge in [-0.05, 0) is 26.0 Å². The van der Waals surface area contributed by atoms with Gasteiger partial charge in [0, 0.05) is 23.4 Å². The molecule has 11 heteroatoms. The molecule has 1 aromatic heterocycles. The van der Waals surface area contributed by atoms with Crippen LogP contribution >= 0.6 is 11.8 Å². The number of carbonyl (C=O) groups excluding carboxylic acids is 1. The Hall–Kier alpha value is -3.18. The normalized spacial score (nSPS) is 18.5. The first-order valence-electron chi connectivity index (χ1n) is 9.97. The standard InChI is InChI=1S/C22H20F3N5O2S/c1-14-8-10-17(11-9-14)29-19(16-6-4-3-5-7-16)26-27-20(29)33-13-18(31)30-21(32,22(23,24)25)12-15(2)28-30/h3-11,32H,12-13H2,1-2H3. The summed E-state index contributed by atoms with van der Waals surface area (Å²) in [5.74, 6) is -0.888. The maximum atomic E-state index is 13.5. The number of nitrogens with zero attached hydrogens (tertiary/aromatic N) is 5. The van der Waals surface area contributed by atoms with E-state index < -0.39 is 30.0 Å². The van der Waals surface area contributed by atoms with Crippen molar-refractivity contribution >= 4 is 23.4 Å². The molecule has 2 heterocycles. The number of halogens is 3. The molecule has 1 aliphatic rings. The fraction of sp³-hybridized carbons (Fsp3) is 0.273. The number of amides is 1. The second-order valence-electron chi connectivity index (χ2n) is 7.66. The molecule has 7 nitrogen and oxygen atoms in total. The first-order valence-corrected chi connectivity index (χ1v) is 11.0. The number of aryl methyl sites for hydroxylation is 1. The van der Waals surface area contributed by atoms with Gasteiger partial charge >= 0.3 is 6.18 Å². The second-order valence-corrected chi connectivity index (χ2v) is 8.61. The van der Waals surface area contributed by atoms with Crippen molar-refractivity contribution in [2.24, 2.45) is 5.10 Å². The molecular weight excluding hydrogens is 455 g/mol. The molecule has 1 atom stereocenters. The number of hydrogen-bond acceptors (Lipinski definition) is 6. The molecule has 1 aliphatic heterocycles. The fourth-order valence-electron chi connectivity index (χ4n) is 3.45. The third-order valence-corrected chi connectivity index (χ3v) is 6.01. The number of benzene rings is 2. The molecule has 172 valence electrons. The van der Waals surface area contributed by atoms with E-state index in [1.807, 2.05) is 61.5 Å². The molecule has 0 aliphatic carbocycles. The van der Waals surface area contributed by atoms with Crippen molar-refractivity contribution in [2.75, 3.05) is 5.75 Å². The van der Waals surface area contributed by atoms with Crippen molar-refractivity contribution in [3.05, 3.63) is 60.2 Å². The summed E-state index contributed by atoms with van der Waals surface area (Å²) in [6.07, 6.45) is -5.83. The van der Waals surface area contributed by atoms with Crippen molar-refractivity contribution in [3.8, 4) is 17.1 Å². The van der Waals surface area contributed by atoms with E-state index >= 15 is 0 Å². The van der Waals surface area contributed by atoms with Gasteiger partial charge in [-0.15, -0.1) is 10.2 Å². The molecule has 1 N–H and O–H groups in total. The Bertz CT molecular complexity index is 1190. The largest absolute Gasteiger partial charge is 0.438 e. The van der Waals surface area contributed by atoms with Crippen LogP contribution in [0.3, 0.4) is 0 Å². The summed E-state index contributed by atoms with van der Waals surface area (Å²) in [4.78, 5) is 12.7. The van der Waals surface area contributed by atoms with E-state index in [4.69, 9.17) is 0 Å². The van der Waals surface area contributed by atoms with Gasteiger partial charge < -0.3 is 5.11 Å². The lowest BCUT2D eigenvalue weighted by molar-refractivity contribution is -0.301. The predicted molar refractivity (Wildman–Crippen MR) is 118 cm³/mol. The van der Waals surface area contributed by atoms with Crippen molar-refractivity contribution in [1.29, 1.82) is 0 Å². The van der Waals surface area contributed by atoms with Gasteiger partial charge in [0.1, 0.15) is 0 Å². The van der Waals surface area contributed by atoms with Gasteiger partial charge in [-0.25, -0.2) is 0 Å². The van der Waals surface area contributed by atoms with Crippen LogP contribution in [0.5, 0.6) is 0 Å². The summed E-state index contributed by atoms with van der Waals surface area (Å²) >= 11 is 0.920. The summed E-state index contributed by atoms with van der Waals surface area (Å²) in [6, 6.07) is 16.9. The minimum absolute atomic E-state index is 0.0161. The third-order valence-electron chi connectivity index (χ3n) is 5.10. The van der Waals surface area contributed by atoms with E-state index in [1.54, 1.807) is 4.57 Å². The Morgan fingerprint density at radius 3 is 2.39 bits per heavy atom. The molecule has 0 bridgehead atoms. The number of carbonyl (C=O) groups is 1. The predicted octanol–water partition coefficient (Wildman–Crippen LogP) is 4.19. The molecule has 0 saturated carbocycles. The number of thioether (sulfide) groups is 1. The molecule has 2 aromatic carbocycles. The second kappa shape index (κ2) is 8.64. The van der Waals surface area contributed by atoms with E-state index in [2.05, 4.69) is 15.3 Å². The Labute approximate surface area is 191 Å². The van der Waals surface area contributed by atoms with E-state index in [9.17, 15) is 23.1 Å². The summed E-state index contributed by atoms with van der Waals surface area (Å²) in [5, 5.41) is 22.7. The Balaban J connectivity index is 1.64. The maximum absolute atomic E-state index is 13.5. The lowest BCUT2D eigenvalue weighted by atomic mass is 10.1. The number of aromatic nitrogens is 3. The molecule has 0 saturated heterocycles. The zero-order valence-electron chi connectivity index (χ0n) is 17.7. The number of alkyl halides is 3. The smallest absolute Gasteiger partial charge is 0.362 e. The molecule has 1 unspecified atom stereocenters. The van der Waals surface area contributed by atoms with Crippen LogP contribution in [0.4, 0.5) is 13.2 Å². The molecule has 0 radical (unpaired) electrons. The SMILES string of the molecule is CC1=NN(C(=O)CSc2nnc(-c3ccccc3)n2-c2ccc(C)cc2)C(O)(C(F)(F)F)C1. The average molecular weight is 475 g/mol. The maximum Gasteiger partial charge on any atom is 0.438 e. The minimum atomic E-state index is -5.04. The van der Waals surface area contributed by atoms with Crippen LogP contribution in [0.15, 0.2) is 64.9 Å². The molecule has 1 amide bonds. The van der Waals surface area contributed by atoms with Crippen LogP contribution in [0, 0.1) is 6.92 Å². The third kappa shape index (κ3) is 4.38. The molecule has 0 spiro atoms. The van der Waals surface area contributed by atoms with Crippen molar-refractivity contribution in [1.82, 2.24) is 19.8 Å². The monoisotopic (exact) mass is 475 g/mol. The molecule has 0 fully saturated rings. The first-order chi connectivity index (χ1) is 15.6. The highest BCUT2D eigenvalue weighted by Gasteiger charge is 2.62. The van der Waals surface area contributed by atoms with Crippen LogP contribution in [-0.4, -0.2) is 54.2 Å². The topological polar surface area (TPSA) is 83.6 Å². The minimum Gasteiger partial charge on any atom is -0.362 e. The Morgan fingerprint density at radius 2 is 1.76 bits per heavy atom. The number of hydrazone groups is 1. The first kappa shape index (κ1) is 23.0.